The van der Waals surface area contributed by atoms with Crippen LogP contribution in [0.3, 0.4) is 0 Å². The summed E-state index contributed by atoms with van der Waals surface area (Å²) in [7, 11) is 0. The fourth-order valence-electron chi connectivity index (χ4n) is 2.81. The molecule has 0 aliphatic rings. The second kappa shape index (κ2) is 5.56. The van der Waals surface area contributed by atoms with Crippen molar-refractivity contribution in [3.63, 3.8) is 0 Å². The fourth-order valence-corrected chi connectivity index (χ4v) is 2.81. The van der Waals surface area contributed by atoms with Crippen LogP contribution in [0.15, 0.2) is 54.6 Å². The van der Waals surface area contributed by atoms with Gasteiger partial charge >= 0.3 is 5.91 Å². The summed E-state index contributed by atoms with van der Waals surface area (Å²) < 4.78 is 3.54. The molecule has 110 valence electrons. The highest BCUT2D eigenvalue weighted by atomic mass is 16.2. The Morgan fingerprint density at radius 2 is 1.64 bits per heavy atom. The summed E-state index contributed by atoms with van der Waals surface area (Å²) >= 11 is 0. The van der Waals surface area contributed by atoms with Gasteiger partial charge in [-0.2, -0.15) is 4.57 Å². The van der Waals surface area contributed by atoms with Gasteiger partial charge in [-0.25, -0.2) is 9.36 Å². The lowest BCUT2D eigenvalue weighted by atomic mass is 10.1. The van der Waals surface area contributed by atoms with Gasteiger partial charge in [0.05, 0.1) is 0 Å². The van der Waals surface area contributed by atoms with Gasteiger partial charge in [0.25, 0.3) is 5.82 Å². The summed E-state index contributed by atoms with van der Waals surface area (Å²) in [6, 6.07) is 16.8. The normalized spacial score (nSPS) is 10.8. The van der Waals surface area contributed by atoms with Crippen LogP contribution in [0.5, 0.6) is 0 Å². The molecule has 0 radical (unpaired) electrons. The second-order valence-electron chi connectivity index (χ2n) is 5.27. The van der Waals surface area contributed by atoms with Crippen LogP contribution in [0.4, 0.5) is 0 Å². The molecule has 1 heterocycles. The summed E-state index contributed by atoms with van der Waals surface area (Å²) in [5, 5.41) is 0. The van der Waals surface area contributed by atoms with Crippen molar-refractivity contribution in [1.29, 1.82) is 0 Å². The molecule has 3 aromatic rings. The van der Waals surface area contributed by atoms with Gasteiger partial charge in [-0.05, 0) is 12.1 Å². The molecule has 0 N–H and O–H groups in total. The number of para-hydroxylation sites is 2. The van der Waals surface area contributed by atoms with Crippen molar-refractivity contribution in [1.82, 2.24) is 4.57 Å². The average molecular weight is 293 g/mol. The molecule has 0 saturated heterocycles. The van der Waals surface area contributed by atoms with E-state index in [0.29, 0.717) is 5.56 Å². The molecule has 0 spiro atoms. The lowest BCUT2D eigenvalue weighted by Crippen LogP contribution is -2.40. The smallest absolute Gasteiger partial charge is 0.290 e. The maximum absolute atomic E-state index is 12.5. The topological polar surface area (TPSA) is 43.0 Å². The summed E-state index contributed by atoms with van der Waals surface area (Å²) in [4.78, 5) is 24.4. The minimum atomic E-state index is -0.0559. The number of Topliss-reactive ketones (excluding diaryl/α,β-unsaturated/α-hetero) is 1. The van der Waals surface area contributed by atoms with Gasteiger partial charge in [0, 0.05) is 19.4 Å². The third kappa shape index (κ3) is 2.33. The summed E-state index contributed by atoms with van der Waals surface area (Å²) in [6.45, 7) is 3.61. The standard InChI is InChI=1S/C18H17N2O2/c1-13-19(12-18(22)15-8-4-3-5-9-15)16-10-6-7-11-17(16)20(13)14(2)21/h3-11H,12H2,1-2H3/q+1. The maximum atomic E-state index is 12.5. The molecule has 0 saturated carbocycles. The fraction of sp³-hybridized carbons (Fsp3) is 0.167. The van der Waals surface area contributed by atoms with Crippen LogP contribution in [-0.4, -0.2) is 16.3 Å². The van der Waals surface area contributed by atoms with Gasteiger partial charge in [-0.1, -0.05) is 42.5 Å². The van der Waals surface area contributed by atoms with E-state index in [0.717, 1.165) is 16.9 Å². The lowest BCUT2D eigenvalue weighted by molar-refractivity contribution is -0.663. The van der Waals surface area contributed by atoms with Crippen LogP contribution in [-0.2, 0) is 6.54 Å². The molecular weight excluding hydrogens is 276 g/mol. The number of carbonyl (C=O) groups excluding carboxylic acids is 2. The molecule has 0 fully saturated rings. The van der Waals surface area contributed by atoms with Gasteiger partial charge in [0.15, 0.2) is 17.6 Å². The predicted octanol–water partition coefficient (Wildman–Crippen LogP) is 2.78. The quantitative estimate of drug-likeness (QED) is 0.550. The molecule has 2 aromatic carbocycles. The van der Waals surface area contributed by atoms with Crippen LogP contribution < -0.4 is 4.57 Å². The molecule has 0 aliphatic heterocycles. The van der Waals surface area contributed by atoms with E-state index >= 15 is 0 Å². The molecule has 0 bridgehead atoms. The zero-order chi connectivity index (χ0) is 15.7. The van der Waals surface area contributed by atoms with E-state index in [1.165, 1.54) is 6.92 Å². The Morgan fingerprint density at radius 1 is 1.00 bits per heavy atom. The van der Waals surface area contributed by atoms with Crippen molar-refractivity contribution in [3.05, 3.63) is 66.0 Å². The zero-order valence-corrected chi connectivity index (χ0v) is 12.6. The van der Waals surface area contributed by atoms with E-state index in [2.05, 4.69) is 0 Å². The molecule has 3 rings (SSSR count). The Bertz CT molecular complexity index is 863. The number of carbonyl (C=O) groups is 2. The van der Waals surface area contributed by atoms with Crippen molar-refractivity contribution in [2.24, 2.45) is 0 Å². The number of nitrogens with zero attached hydrogens (tertiary/aromatic N) is 2. The number of ketones is 1. The summed E-state index contributed by atoms with van der Waals surface area (Å²) in [5.74, 6) is 0.734. The van der Waals surface area contributed by atoms with E-state index in [9.17, 15) is 9.59 Å². The predicted molar refractivity (Wildman–Crippen MR) is 83.9 cm³/mol. The zero-order valence-electron chi connectivity index (χ0n) is 12.6. The first-order valence-corrected chi connectivity index (χ1v) is 7.18. The molecule has 1 aromatic heterocycles. The van der Waals surface area contributed by atoms with Crippen molar-refractivity contribution in [2.45, 2.75) is 20.4 Å². The number of benzene rings is 2. The highest BCUT2D eigenvalue weighted by Gasteiger charge is 2.25. The van der Waals surface area contributed by atoms with Crippen LogP contribution in [0, 0.1) is 6.92 Å². The lowest BCUT2D eigenvalue weighted by Gasteiger charge is -2.00. The monoisotopic (exact) mass is 293 g/mol. The van der Waals surface area contributed by atoms with Crippen LogP contribution in [0.2, 0.25) is 0 Å². The molecule has 0 atom stereocenters. The van der Waals surface area contributed by atoms with Crippen molar-refractivity contribution in [3.8, 4) is 0 Å². The molecule has 0 amide bonds. The third-order valence-electron chi connectivity index (χ3n) is 3.84. The molecule has 4 nitrogen and oxygen atoms in total. The number of rotatable bonds is 3. The first-order chi connectivity index (χ1) is 10.6. The Labute approximate surface area is 128 Å². The van der Waals surface area contributed by atoms with Gasteiger partial charge in [-0.3, -0.25) is 4.79 Å². The summed E-state index contributed by atoms with van der Waals surface area (Å²) in [5.41, 5.74) is 2.39. The number of hydrogen-bond acceptors (Lipinski definition) is 2. The van der Waals surface area contributed by atoms with E-state index in [4.69, 9.17) is 0 Å². The largest absolute Gasteiger partial charge is 0.311 e. The Morgan fingerprint density at radius 3 is 2.32 bits per heavy atom. The van der Waals surface area contributed by atoms with Crippen LogP contribution in [0.25, 0.3) is 11.0 Å². The van der Waals surface area contributed by atoms with E-state index < -0.39 is 0 Å². The van der Waals surface area contributed by atoms with Crippen LogP contribution in [0.1, 0.15) is 27.9 Å². The number of fused-ring (bicyclic) bond motifs is 1. The highest BCUT2D eigenvalue weighted by molar-refractivity contribution is 5.95. The van der Waals surface area contributed by atoms with E-state index in [1.807, 2.05) is 66.1 Å². The van der Waals surface area contributed by atoms with E-state index in [-0.39, 0.29) is 18.2 Å². The van der Waals surface area contributed by atoms with E-state index in [1.54, 1.807) is 4.57 Å². The number of aromatic nitrogens is 2. The Balaban J connectivity index is 2.10. The van der Waals surface area contributed by atoms with Gasteiger partial charge in [0.2, 0.25) is 5.78 Å². The van der Waals surface area contributed by atoms with Crippen molar-refractivity contribution >= 4 is 22.7 Å². The molecule has 0 aliphatic carbocycles. The average Bonchev–Trinajstić information content (AvgIpc) is 2.81. The van der Waals surface area contributed by atoms with Gasteiger partial charge in [-0.15, -0.1) is 0 Å². The summed E-state index contributed by atoms with van der Waals surface area (Å²) in [6.07, 6.45) is 0. The maximum Gasteiger partial charge on any atom is 0.311 e. The molecule has 22 heavy (non-hydrogen) atoms. The van der Waals surface area contributed by atoms with Crippen molar-refractivity contribution in [2.75, 3.05) is 0 Å². The third-order valence-corrected chi connectivity index (χ3v) is 3.84. The Hall–Kier alpha value is -2.75. The van der Waals surface area contributed by atoms with Gasteiger partial charge in [0.1, 0.15) is 0 Å². The van der Waals surface area contributed by atoms with Crippen molar-refractivity contribution < 1.29 is 14.2 Å². The molecule has 4 heteroatoms. The van der Waals surface area contributed by atoms with Gasteiger partial charge < -0.3 is 0 Å². The SMILES string of the molecule is CC(=O)n1c(C)[n+](CC(=O)c2ccccc2)c2ccccc21. The van der Waals surface area contributed by atoms with Crippen LogP contribution >= 0.6 is 0 Å². The first-order valence-electron chi connectivity index (χ1n) is 7.18. The Kier molecular flexibility index (Phi) is 3.59. The minimum Gasteiger partial charge on any atom is -0.290 e. The number of hydrogen-bond donors (Lipinski definition) is 0. The molecule has 0 unspecified atom stereocenters. The minimum absolute atomic E-state index is 0.0279. The molecular formula is C18H17N2O2+. The second-order valence-corrected chi connectivity index (χ2v) is 5.27. The highest BCUT2D eigenvalue weighted by Crippen LogP contribution is 2.14. The first kappa shape index (κ1) is 14.2. The number of imidazole rings is 1.